The summed E-state index contributed by atoms with van der Waals surface area (Å²) in [6, 6.07) is 10.1. The van der Waals surface area contributed by atoms with Gasteiger partial charge >= 0.3 is 0 Å². The number of para-hydroxylation sites is 2. The van der Waals surface area contributed by atoms with Crippen molar-refractivity contribution in [3.8, 4) is 5.75 Å². The van der Waals surface area contributed by atoms with Crippen LogP contribution in [-0.4, -0.2) is 28.2 Å². The molecule has 2 rings (SSSR count). The molecule has 0 bridgehead atoms. The molecule has 0 aliphatic rings. The zero-order chi connectivity index (χ0) is 16.7. The minimum Gasteiger partial charge on any atom is -0.492 e. The normalized spacial score (nSPS) is 10.1. The first-order valence-corrected chi connectivity index (χ1v) is 7.83. The number of anilines is 1. The average Bonchev–Trinajstić information content (AvgIpc) is 2.55. The zero-order valence-electron chi connectivity index (χ0n) is 12.4. The lowest BCUT2D eigenvalue weighted by Gasteiger charge is -2.10. The number of hydrogen-bond donors (Lipinski definition) is 1. The van der Waals surface area contributed by atoms with Crippen LogP contribution in [0.25, 0.3) is 0 Å². The van der Waals surface area contributed by atoms with E-state index in [4.69, 9.17) is 4.74 Å². The Morgan fingerprint density at radius 3 is 2.78 bits per heavy atom. The smallest absolute Gasteiger partial charge is 0.287 e. The van der Waals surface area contributed by atoms with E-state index in [1.807, 2.05) is 19.1 Å². The van der Waals surface area contributed by atoms with E-state index in [1.54, 1.807) is 12.1 Å². The Morgan fingerprint density at radius 1 is 1.35 bits per heavy atom. The molecule has 0 spiro atoms. The molecule has 7 nitrogen and oxygen atoms in total. The van der Waals surface area contributed by atoms with Gasteiger partial charge in [-0.2, -0.15) is 0 Å². The molecule has 0 atom stereocenters. The maximum absolute atomic E-state index is 12.0. The number of nitro groups is 1. The number of nitrogens with one attached hydrogen (secondary N) is 1. The topological polar surface area (TPSA) is 94.4 Å². The van der Waals surface area contributed by atoms with Crippen molar-refractivity contribution in [3.63, 3.8) is 0 Å². The monoisotopic (exact) mass is 333 g/mol. The van der Waals surface area contributed by atoms with Gasteiger partial charge in [0.05, 0.1) is 28.0 Å². The van der Waals surface area contributed by atoms with Crippen molar-refractivity contribution in [2.75, 3.05) is 17.7 Å². The summed E-state index contributed by atoms with van der Waals surface area (Å²) in [6.45, 7) is 2.38. The first-order chi connectivity index (χ1) is 11.1. The second kappa shape index (κ2) is 8.14. The molecule has 23 heavy (non-hydrogen) atoms. The predicted octanol–water partition coefficient (Wildman–Crippen LogP) is 3.12. The number of hydrogen-bond acceptors (Lipinski definition) is 6. The molecule has 0 saturated heterocycles. The van der Waals surface area contributed by atoms with E-state index < -0.39 is 4.92 Å². The number of amides is 1. The molecular formula is C15H15N3O4S. The van der Waals surface area contributed by atoms with E-state index >= 15 is 0 Å². The summed E-state index contributed by atoms with van der Waals surface area (Å²) < 4.78 is 5.44. The van der Waals surface area contributed by atoms with Gasteiger partial charge in [0.2, 0.25) is 5.91 Å². The molecule has 1 amide bonds. The Morgan fingerprint density at radius 2 is 2.13 bits per heavy atom. The quantitative estimate of drug-likeness (QED) is 0.475. The number of rotatable bonds is 7. The van der Waals surface area contributed by atoms with Crippen molar-refractivity contribution >= 4 is 29.0 Å². The lowest BCUT2D eigenvalue weighted by molar-refractivity contribution is -0.385. The molecule has 1 N–H and O–H groups in total. The summed E-state index contributed by atoms with van der Waals surface area (Å²) in [5, 5.41) is 13.9. The number of ether oxygens (including phenoxy) is 1. The summed E-state index contributed by atoms with van der Waals surface area (Å²) in [5.41, 5.74) is 0.529. The number of aromatic nitrogens is 1. The predicted molar refractivity (Wildman–Crippen MR) is 87.9 cm³/mol. The Hall–Kier alpha value is -2.61. The molecule has 0 aliphatic heterocycles. The van der Waals surface area contributed by atoms with Crippen molar-refractivity contribution in [1.82, 2.24) is 4.98 Å². The number of carbonyl (C=O) groups is 1. The summed E-state index contributed by atoms with van der Waals surface area (Å²) >= 11 is 1.20. The third-order valence-electron chi connectivity index (χ3n) is 2.74. The van der Waals surface area contributed by atoms with Crippen molar-refractivity contribution in [2.45, 2.75) is 11.9 Å². The van der Waals surface area contributed by atoms with E-state index in [2.05, 4.69) is 10.3 Å². The van der Waals surface area contributed by atoms with Gasteiger partial charge in [-0.05, 0) is 25.1 Å². The van der Waals surface area contributed by atoms with Crippen LogP contribution in [0.3, 0.4) is 0 Å². The van der Waals surface area contributed by atoms with Crippen LogP contribution < -0.4 is 10.1 Å². The third kappa shape index (κ3) is 4.96. The van der Waals surface area contributed by atoms with Crippen LogP contribution in [0.4, 0.5) is 11.4 Å². The van der Waals surface area contributed by atoms with Gasteiger partial charge in [0.25, 0.3) is 5.69 Å². The Kier molecular flexibility index (Phi) is 5.93. The molecule has 1 aromatic heterocycles. The van der Waals surface area contributed by atoms with Crippen molar-refractivity contribution < 1.29 is 14.5 Å². The molecule has 0 unspecified atom stereocenters. The van der Waals surface area contributed by atoms with Crippen molar-refractivity contribution in [1.29, 1.82) is 0 Å². The SMILES string of the molecule is CCOc1ccccc1NC(=O)CSc1ccc([N+](=O)[O-])cn1. The van der Waals surface area contributed by atoms with E-state index in [9.17, 15) is 14.9 Å². The molecule has 0 radical (unpaired) electrons. The van der Waals surface area contributed by atoms with Crippen LogP contribution >= 0.6 is 11.8 Å². The average molecular weight is 333 g/mol. The second-order valence-corrected chi connectivity index (χ2v) is 5.37. The summed E-state index contributed by atoms with van der Waals surface area (Å²) in [7, 11) is 0. The lowest BCUT2D eigenvalue weighted by Crippen LogP contribution is -2.15. The maximum atomic E-state index is 12.0. The first-order valence-electron chi connectivity index (χ1n) is 6.85. The van der Waals surface area contributed by atoms with Gasteiger partial charge < -0.3 is 10.1 Å². The van der Waals surface area contributed by atoms with Gasteiger partial charge in [-0.1, -0.05) is 23.9 Å². The number of nitrogens with zero attached hydrogens (tertiary/aromatic N) is 2. The first kappa shape index (κ1) is 16.8. The highest BCUT2D eigenvalue weighted by atomic mass is 32.2. The number of thioether (sulfide) groups is 1. The van der Waals surface area contributed by atoms with Crippen LogP contribution in [-0.2, 0) is 4.79 Å². The van der Waals surface area contributed by atoms with Crippen molar-refractivity contribution in [2.24, 2.45) is 0 Å². The molecule has 0 aliphatic carbocycles. The minimum atomic E-state index is -0.515. The van der Waals surface area contributed by atoms with Gasteiger partial charge in [0.1, 0.15) is 11.9 Å². The third-order valence-corrected chi connectivity index (χ3v) is 3.69. The van der Waals surface area contributed by atoms with Gasteiger partial charge in [-0.25, -0.2) is 4.98 Å². The molecule has 1 aromatic carbocycles. The molecule has 1 heterocycles. The zero-order valence-corrected chi connectivity index (χ0v) is 13.2. The van der Waals surface area contributed by atoms with Gasteiger partial charge in [-0.15, -0.1) is 0 Å². The Bertz CT molecular complexity index is 691. The molecule has 8 heteroatoms. The number of benzene rings is 1. The van der Waals surface area contributed by atoms with E-state index in [-0.39, 0.29) is 17.3 Å². The van der Waals surface area contributed by atoms with Gasteiger partial charge in [-0.3, -0.25) is 14.9 Å². The highest BCUT2D eigenvalue weighted by molar-refractivity contribution is 7.99. The Labute approximate surface area is 137 Å². The molecule has 0 saturated carbocycles. The molecule has 0 fully saturated rings. The lowest BCUT2D eigenvalue weighted by atomic mass is 10.3. The van der Waals surface area contributed by atoms with Crippen LogP contribution in [0.5, 0.6) is 5.75 Å². The van der Waals surface area contributed by atoms with E-state index in [1.165, 1.54) is 30.1 Å². The number of carbonyl (C=O) groups excluding carboxylic acids is 1. The van der Waals surface area contributed by atoms with E-state index in [0.717, 1.165) is 0 Å². The Balaban J connectivity index is 1.91. The van der Waals surface area contributed by atoms with Gasteiger partial charge in [0.15, 0.2) is 0 Å². The van der Waals surface area contributed by atoms with Crippen LogP contribution in [0.1, 0.15) is 6.92 Å². The fourth-order valence-electron chi connectivity index (χ4n) is 1.74. The standard InChI is InChI=1S/C15H15N3O4S/c1-2-22-13-6-4-3-5-12(13)17-14(19)10-23-15-8-7-11(9-16-15)18(20)21/h3-9H,2,10H2,1H3,(H,17,19). The second-order valence-electron chi connectivity index (χ2n) is 4.38. The molecule has 2 aromatic rings. The van der Waals surface area contributed by atoms with Gasteiger partial charge in [0, 0.05) is 6.07 Å². The van der Waals surface area contributed by atoms with Crippen molar-refractivity contribution in [3.05, 3.63) is 52.7 Å². The maximum Gasteiger partial charge on any atom is 0.287 e. The van der Waals surface area contributed by atoms with E-state index in [0.29, 0.717) is 23.1 Å². The summed E-state index contributed by atoms with van der Waals surface area (Å²) in [4.78, 5) is 26.0. The summed E-state index contributed by atoms with van der Waals surface area (Å²) in [6.07, 6.45) is 1.17. The van der Waals surface area contributed by atoms with Crippen LogP contribution in [0.2, 0.25) is 0 Å². The number of pyridine rings is 1. The van der Waals surface area contributed by atoms with Crippen LogP contribution in [0.15, 0.2) is 47.6 Å². The van der Waals surface area contributed by atoms with Crippen LogP contribution in [0, 0.1) is 10.1 Å². The fraction of sp³-hybridized carbons (Fsp3) is 0.200. The fourth-order valence-corrected chi connectivity index (χ4v) is 2.39. The highest BCUT2D eigenvalue weighted by Gasteiger charge is 2.10. The molecular weight excluding hydrogens is 318 g/mol. The largest absolute Gasteiger partial charge is 0.492 e. The highest BCUT2D eigenvalue weighted by Crippen LogP contribution is 2.24. The summed E-state index contributed by atoms with van der Waals surface area (Å²) in [5.74, 6) is 0.551. The molecule has 120 valence electrons. The minimum absolute atomic E-state index is 0.0792.